The molecule has 0 saturated carbocycles. The van der Waals surface area contributed by atoms with Crippen LogP contribution < -0.4 is 5.32 Å². The number of carbonyl (C=O) groups is 2. The van der Waals surface area contributed by atoms with Crippen LogP contribution in [0.2, 0.25) is 0 Å². The molecule has 1 aromatic heterocycles. The van der Waals surface area contributed by atoms with Gasteiger partial charge < -0.3 is 9.73 Å². The van der Waals surface area contributed by atoms with Crippen LogP contribution in [0.25, 0.3) is 0 Å². The van der Waals surface area contributed by atoms with E-state index in [1.165, 1.54) is 6.92 Å². The number of benzene rings is 1. The van der Waals surface area contributed by atoms with Crippen molar-refractivity contribution in [2.24, 2.45) is 0 Å². The largest absolute Gasteiger partial charge is 0.455 e. The number of ketones is 1. The van der Waals surface area contributed by atoms with E-state index in [0.29, 0.717) is 11.3 Å². The number of thioether (sulfide) groups is 1. The number of anilines is 1. The zero-order valence-electron chi connectivity index (χ0n) is 11.3. The topological polar surface area (TPSA) is 59.3 Å². The Hall–Kier alpha value is -2.01. The summed E-state index contributed by atoms with van der Waals surface area (Å²) < 4.78 is 5.44. The van der Waals surface area contributed by atoms with Gasteiger partial charge in [-0.25, -0.2) is 0 Å². The van der Waals surface area contributed by atoms with Crippen molar-refractivity contribution in [3.05, 3.63) is 53.5 Å². The fraction of sp³-hybridized carbons (Fsp3) is 0.200. The van der Waals surface area contributed by atoms with Gasteiger partial charge in [-0.3, -0.25) is 9.59 Å². The highest BCUT2D eigenvalue weighted by Gasteiger charge is 2.12. The third-order valence-electron chi connectivity index (χ3n) is 2.70. The molecule has 2 rings (SSSR count). The summed E-state index contributed by atoms with van der Waals surface area (Å²) in [6.45, 7) is 1.49. The Labute approximate surface area is 121 Å². The van der Waals surface area contributed by atoms with E-state index in [2.05, 4.69) is 5.32 Å². The van der Waals surface area contributed by atoms with Gasteiger partial charge in [0.1, 0.15) is 5.76 Å². The number of Topliss-reactive ketones (excluding diaryl/α,β-unsaturated/α-hetero) is 1. The van der Waals surface area contributed by atoms with Gasteiger partial charge in [-0.05, 0) is 37.4 Å². The second-order valence-electron chi connectivity index (χ2n) is 4.29. The molecular weight excluding hydrogens is 274 g/mol. The number of amides is 1. The Kier molecular flexibility index (Phi) is 4.63. The lowest BCUT2D eigenvalue weighted by Crippen LogP contribution is -2.11. The molecule has 0 saturated heterocycles. The van der Waals surface area contributed by atoms with E-state index < -0.39 is 0 Å². The Morgan fingerprint density at radius 1 is 1.25 bits per heavy atom. The van der Waals surface area contributed by atoms with Gasteiger partial charge in [0.25, 0.3) is 5.91 Å². The number of rotatable bonds is 5. The van der Waals surface area contributed by atoms with Crippen LogP contribution in [0.15, 0.2) is 40.8 Å². The molecule has 1 aromatic carbocycles. The average Bonchev–Trinajstić information content (AvgIpc) is 2.88. The van der Waals surface area contributed by atoms with Crippen molar-refractivity contribution in [2.45, 2.75) is 12.7 Å². The molecule has 5 heteroatoms. The molecular formula is C15H15NO3S. The van der Waals surface area contributed by atoms with E-state index in [1.54, 1.807) is 48.2 Å². The average molecular weight is 289 g/mol. The molecule has 0 spiro atoms. The fourth-order valence-electron chi connectivity index (χ4n) is 1.73. The van der Waals surface area contributed by atoms with Crippen LogP contribution in [0.3, 0.4) is 0 Å². The number of hydrogen-bond donors (Lipinski definition) is 1. The van der Waals surface area contributed by atoms with Crippen molar-refractivity contribution in [3.8, 4) is 0 Å². The molecule has 20 heavy (non-hydrogen) atoms. The van der Waals surface area contributed by atoms with Gasteiger partial charge in [0.15, 0.2) is 11.5 Å². The number of hydrogen-bond acceptors (Lipinski definition) is 4. The lowest BCUT2D eigenvalue weighted by molar-refractivity contribution is 0.0991. The summed E-state index contributed by atoms with van der Waals surface area (Å²) in [5.41, 5.74) is 1.14. The van der Waals surface area contributed by atoms with E-state index in [1.807, 2.05) is 6.26 Å². The summed E-state index contributed by atoms with van der Waals surface area (Å²) in [4.78, 5) is 23.3. The second-order valence-corrected chi connectivity index (χ2v) is 5.16. The minimum absolute atomic E-state index is 0.0404. The molecule has 0 atom stereocenters. The van der Waals surface area contributed by atoms with Gasteiger partial charge in [0.05, 0.1) is 5.75 Å². The molecule has 0 radical (unpaired) electrons. The van der Waals surface area contributed by atoms with Gasteiger partial charge in [-0.2, -0.15) is 11.8 Å². The first-order valence-corrected chi connectivity index (χ1v) is 7.49. The van der Waals surface area contributed by atoms with E-state index >= 15 is 0 Å². The molecule has 1 heterocycles. The van der Waals surface area contributed by atoms with Gasteiger partial charge in [-0.1, -0.05) is 12.1 Å². The maximum Gasteiger partial charge on any atom is 0.291 e. The molecule has 0 aliphatic carbocycles. The Bertz CT molecular complexity index is 634. The van der Waals surface area contributed by atoms with Gasteiger partial charge in [0, 0.05) is 11.3 Å². The Morgan fingerprint density at radius 2 is 2.05 bits per heavy atom. The molecule has 0 unspecified atom stereocenters. The van der Waals surface area contributed by atoms with Gasteiger partial charge in [0.2, 0.25) is 0 Å². The third kappa shape index (κ3) is 3.51. The predicted molar refractivity (Wildman–Crippen MR) is 80.3 cm³/mol. The van der Waals surface area contributed by atoms with Crippen molar-refractivity contribution in [2.75, 3.05) is 11.6 Å². The molecule has 0 aliphatic rings. The van der Waals surface area contributed by atoms with Gasteiger partial charge in [-0.15, -0.1) is 0 Å². The molecule has 1 N–H and O–H groups in total. The summed E-state index contributed by atoms with van der Waals surface area (Å²) in [5.74, 6) is 1.40. The maximum atomic E-state index is 12.0. The molecule has 0 fully saturated rings. The summed E-state index contributed by atoms with van der Waals surface area (Å²) >= 11 is 1.63. The number of nitrogens with one attached hydrogen (secondary N) is 1. The Morgan fingerprint density at radius 3 is 2.75 bits per heavy atom. The number of carbonyl (C=O) groups excluding carboxylic acids is 2. The van der Waals surface area contributed by atoms with Crippen molar-refractivity contribution >= 4 is 29.1 Å². The molecule has 0 bridgehead atoms. The van der Waals surface area contributed by atoms with Crippen LogP contribution >= 0.6 is 11.8 Å². The molecule has 1 amide bonds. The highest BCUT2D eigenvalue weighted by Crippen LogP contribution is 2.16. The molecule has 0 aliphatic heterocycles. The molecule has 2 aromatic rings. The molecule has 4 nitrogen and oxygen atoms in total. The van der Waals surface area contributed by atoms with Crippen LogP contribution in [0, 0.1) is 0 Å². The standard InChI is InChI=1S/C15H15NO3S/c1-10(17)11-4-3-5-12(8-11)16-15(18)14-7-6-13(19-14)9-20-2/h3-8H,9H2,1-2H3,(H,16,18). The smallest absolute Gasteiger partial charge is 0.291 e. The van der Waals surface area contributed by atoms with Crippen LogP contribution in [0.1, 0.15) is 33.6 Å². The van der Waals surface area contributed by atoms with Crippen LogP contribution in [-0.2, 0) is 5.75 Å². The summed E-state index contributed by atoms with van der Waals surface area (Å²) in [6, 6.07) is 10.3. The van der Waals surface area contributed by atoms with E-state index in [9.17, 15) is 9.59 Å². The SMILES string of the molecule is CSCc1ccc(C(=O)Nc2cccc(C(C)=O)c2)o1. The fourth-order valence-corrected chi connectivity index (χ4v) is 2.17. The minimum Gasteiger partial charge on any atom is -0.455 e. The van der Waals surface area contributed by atoms with Gasteiger partial charge >= 0.3 is 0 Å². The minimum atomic E-state index is -0.321. The van der Waals surface area contributed by atoms with Crippen molar-refractivity contribution in [1.82, 2.24) is 0 Å². The highest BCUT2D eigenvalue weighted by molar-refractivity contribution is 7.97. The normalized spacial score (nSPS) is 10.3. The van der Waals surface area contributed by atoms with E-state index in [4.69, 9.17) is 4.42 Å². The highest BCUT2D eigenvalue weighted by atomic mass is 32.2. The first-order valence-electron chi connectivity index (χ1n) is 6.10. The Balaban J connectivity index is 2.10. The quantitative estimate of drug-likeness (QED) is 0.854. The maximum absolute atomic E-state index is 12.0. The van der Waals surface area contributed by atoms with Crippen molar-refractivity contribution in [3.63, 3.8) is 0 Å². The van der Waals surface area contributed by atoms with Crippen LogP contribution in [0.5, 0.6) is 0 Å². The zero-order valence-corrected chi connectivity index (χ0v) is 12.1. The van der Waals surface area contributed by atoms with Crippen molar-refractivity contribution in [1.29, 1.82) is 0 Å². The summed E-state index contributed by atoms with van der Waals surface area (Å²) in [6.07, 6.45) is 1.97. The van der Waals surface area contributed by atoms with E-state index in [0.717, 1.165) is 11.5 Å². The third-order valence-corrected chi connectivity index (χ3v) is 3.27. The van der Waals surface area contributed by atoms with Crippen LogP contribution in [0.4, 0.5) is 5.69 Å². The summed E-state index contributed by atoms with van der Waals surface area (Å²) in [7, 11) is 0. The second kappa shape index (κ2) is 6.43. The first-order chi connectivity index (χ1) is 9.60. The lowest BCUT2D eigenvalue weighted by atomic mass is 10.1. The number of furan rings is 1. The monoisotopic (exact) mass is 289 g/mol. The zero-order chi connectivity index (χ0) is 14.5. The predicted octanol–water partition coefficient (Wildman–Crippen LogP) is 3.60. The first kappa shape index (κ1) is 14.4. The van der Waals surface area contributed by atoms with E-state index in [-0.39, 0.29) is 17.5 Å². The molecule has 104 valence electrons. The lowest BCUT2D eigenvalue weighted by Gasteiger charge is -2.04. The van der Waals surface area contributed by atoms with Crippen molar-refractivity contribution < 1.29 is 14.0 Å². The van der Waals surface area contributed by atoms with Crippen LogP contribution in [-0.4, -0.2) is 17.9 Å². The summed E-state index contributed by atoms with van der Waals surface area (Å²) in [5, 5.41) is 2.72.